The van der Waals surface area contributed by atoms with Gasteiger partial charge in [0, 0.05) is 12.6 Å². The summed E-state index contributed by atoms with van der Waals surface area (Å²) in [6.07, 6.45) is 0. The summed E-state index contributed by atoms with van der Waals surface area (Å²) in [5.41, 5.74) is 7.28. The molecular weight excluding hydrogens is 232 g/mol. The lowest BCUT2D eigenvalue weighted by atomic mass is 10.2. The normalized spacial score (nSPS) is 10.4. The lowest BCUT2D eigenvalue weighted by Gasteiger charge is -2.09. The van der Waals surface area contributed by atoms with Crippen LogP contribution >= 0.6 is 0 Å². The molecule has 0 amide bonds. The van der Waals surface area contributed by atoms with Crippen molar-refractivity contribution in [1.29, 1.82) is 0 Å². The quantitative estimate of drug-likeness (QED) is 0.876. The fourth-order valence-electron chi connectivity index (χ4n) is 1.56. The van der Waals surface area contributed by atoms with Crippen LogP contribution in [-0.4, -0.2) is 12.3 Å². The fraction of sp³-hybridized carbons (Fsp3) is 0.308. The van der Waals surface area contributed by atoms with Crippen LogP contribution in [0.5, 0.6) is 11.5 Å². The molecule has 0 aliphatic rings. The van der Waals surface area contributed by atoms with Gasteiger partial charge in [-0.15, -0.1) is 0 Å². The van der Waals surface area contributed by atoms with Crippen molar-refractivity contribution in [1.82, 2.24) is 5.16 Å². The average Bonchev–Trinajstić information content (AvgIpc) is 2.85. The average molecular weight is 248 g/mol. The molecule has 0 aliphatic heterocycles. The Hall–Kier alpha value is -2.01. The third-order valence-corrected chi connectivity index (χ3v) is 2.51. The summed E-state index contributed by atoms with van der Waals surface area (Å²) in [4.78, 5) is 0. The van der Waals surface area contributed by atoms with Crippen molar-refractivity contribution in [2.45, 2.75) is 20.1 Å². The van der Waals surface area contributed by atoms with Gasteiger partial charge < -0.3 is 19.7 Å². The molecule has 5 nitrogen and oxygen atoms in total. The minimum Gasteiger partial charge on any atom is -0.493 e. The first-order chi connectivity index (χ1) is 8.72. The molecule has 0 saturated heterocycles. The maximum atomic E-state index is 5.63. The van der Waals surface area contributed by atoms with E-state index in [9.17, 15) is 0 Å². The number of nitrogens with two attached hydrogens (primary N) is 1. The Balaban J connectivity index is 2.05. The molecule has 5 heteroatoms. The molecule has 0 saturated carbocycles. The molecule has 0 aliphatic carbocycles. The molecule has 0 radical (unpaired) electrons. The zero-order valence-electron chi connectivity index (χ0n) is 10.5. The Labute approximate surface area is 105 Å². The van der Waals surface area contributed by atoms with E-state index in [0.29, 0.717) is 36.1 Å². The molecule has 0 fully saturated rings. The highest BCUT2D eigenvalue weighted by atomic mass is 16.5. The van der Waals surface area contributed by atoms with Crippen molar-refractivity contribution >= 4 is 0 Å². The summed E-state index contributed by atoms with van der Waals surface area (Å²) < 4.78 is 16.0. The zero-order valence-corrected chi connectivity index (χ0v) is 10.5. The minimum atomic E-state index is 0.298. The van der Waals surface area contributed by atoms with Gasteiger partial charge in [0.1, 0.15) is 6.61 Å². The van der Waals surface area contributed by atoms with Crippen LogP contribution in [0.4, 0.5) is 0 Å². The third-order valence-electron chi connectivity index (χ3n) is 2.51. The van der Waals surface area contributed by atoms with E-state index in [1.807, 2.05) is 25.1 Å². The number of aryl methyl sites for hydroxylation is 1. The molecule has 2 N–H and O–H groups in total. The number of hydrogen-bond acceptors (Lipinski definition) is 5. The van der Waals surface area contributed by atoms with Gasteiger partial charge in [-0.25, -0.2) is 0 Å². The van der Waals surface area contributed by atoms with Crippen LogP contribution in [0.3, 0.4) is 0 Å². The topological polar surface area (TPSA) is 70.5 Å². The molecule has 0 unspecified atom stereocenters. The van der Waals surface area contributed by atoms with Crippen LogP contribution in [0, 0.1) is 6.92 Å². The Kier molecular flexibility index (Phi) is 3.84. The van der Waals surface area contributed by atoms with Crippen LogP contribution in [0.1, 0.15) is 17.0 Å². The van der Waals surface area contributed by atoms with E-state index in [1.54, 1.807) is 13.2 Å². The summed E-state index contributed by atoms with van der Waals surface area (Å²) in [6.45, 7) is 2.65. The van der Waals surface area contributed by atoms with Crippen molar-refractivity contribution in [3.8, 4) is 11.5 Å². The van der Waals surface area contributed by atoms with Gasteiger partial charge in [0.15, 0.2) is 17.3 Å². The van der Waals surface area contributed by atoms with Crippen LogP contribution in [0.15, 0.2) is 28.8 Å². The minimum absolute atomic E-state index is 0.298. The standard InChI is InChI=1S/C13H16N2O3/c1-9-3-4-12(13(5-9)16-2)17-8-11-6-10(7-14)15-18-11/h3-6H,7-8,14H2,1-2H3. The number of aromatic nitrogens is 1. The first-order valence-corrected chi connectivity index (χ1v) is 5.65. The number of ether oxygens (including phenoxy) is 2. The van der Waals surface area contributed by atoms with Crippen molar-refractivity contribution in [3.63, 3.8) is 0 Å². The van der Waals surface area contributed by atoms with Gasteiger partial charge >= 0.3 is 0 Å². The molecule has 1 aromatic heterocycles. The second-order valence-electron chi connectivity index (χ2n) is 3.93. The maximum absolute atomic E-state index is 5.63. The summed E-state index contributed by atoms with van der Waals surface area (Å²) in [5.74, 6) is 2.01. The monoisotopic (exact) mass is 248 g/mol. The van der Waals surface area contributed by atoms with Crippen LogP contribution in [-0.2, 0) is 13.2 Å². The Morgan fingerprint density at radius 2 is 2.11 bits per heavy atom. The molecule has 0 bridgehead atoms. The van der Waals surface area contributed by atoms with E-state index < -0.39 is 0 Å². The summed E-state index contributed by atoms with van der Waals surface area (Å²) >= 11 is 0. The summed E-state index contributed by atoms with van der Waals surface area (Å²) in [5, 5.41) is 3.79. The van der Waals surface area contributed by atoms with E-state index in [0.717, 1.165) is 5.56 Å². The SMILES string of the molecule is COc1cc(C)ccc1OCc1cc(CN)no1. The molecule has 96 valence electrons. The molecule has 1 aromatic carbocycles. The van der Waals surface area contributed by atoms with Crippen molar-refractivity contribution in [2.24, 2.45) is 5.73 Å². The number of hydrogen-bond donors (Lipinski definition) is 1. The molecule has 2 rings (SSSR count). The van der Waals surface area contributed by atoms with Crippen LogP contribution in [0.2, 0.25) is 0 Å². The van der Waals surface area contributed by atoms with Gasteiger partial charge in [-0.1, -0.05) is 11.2 Å². The van der Waals surface area contributed by atoms with Crippen LogP contribution in [0.25, 0.3) is 0 Å². The molecule has 1 heterocycles. The van der Waals surface area contributed by atoms with E-state index in [1.165, 1.54) is 0 Å². The lowest BCUT2D eigenvalue weighted by Crippen LogP contribution is -1.97. The van der Waals surface area contributed by atoms with E-state index in [-0.39, 0.29) is 0 Å². The largest absolute Gasteiger partial charge is 0.493 e. The molecule has 0 atom stereocenters. The fourth-order valence-corrected chi connectivity index (χ4v) is 1.56. The number of benzene rings is 1. The van der Waals surface area contributed by atoms with E-state index in [2.05, 4.69) is 5.16 Å². The van der Waals surface area contributed by atoms with Crippen molar-refractivity contribution in [3.05, 3.63) is 41.3 Å². The van der Waals surface area contributed by atoms with Gasteiger partial charge in [-0.2, -0.15) is 0 Å². The van der Waals surface area contributed by atoms with Crippen molar-refractivity contribution in [2.75, 3.05) is 7.11 Å². The first kappa shape index (κ1) is 12.4. The maximum Gasteiger partial charge on any atom is 0.174 e. The first-order valence-electron chi connectivity index (χ1n) is 5.65. The van der Waals surface area contributed by atoms with E-state index >= 15 is 0 Å². The lowest BCUT2D eigenvalue weighted by molar-refractivity contribution is 0.238. The van der Waals surface area contributed by atoms with Gasteiger partial charge in [0.2, 0.25) is 0 Å². The van der Waals surface area contributed by atoms with Crippen LogP contribution < -0.4 is 15.2 Å². The zero-order chi connectivity index (χ0) is 13.0. The predicted octanol–water partition coefficient (Wildman–Crippen LogP) is 2.03. The summed E-state index contributed by atoms with van der Waals surface area (Å²) in [7, 11) is 1.61. The highest BCUT2D eigenvalue weighted by Gasteiger charge is 2.07. The number of rotatable bonds is 5. The predicted molar refractivity (Wildman–Crippen MR) is 66.5 cm³/mol. The van der Waals surface area contributed by atoms with E-state index in [4.69, 9.17) is 19.7 Å². The highest BCUT2D eigenvalue weighted by Crippen LogP contribution is 2.28. The second kappa shape index (κ2) is 5.55. The van der Waals surface area contributed by atoms with Crippen molar-refractivity contribution < 1.29 is 14.0 Å². The molecular formula is C13H16N2O3. The molecule has 0 spiro atoms. The highest BCUT2D eigenvalue weighted by molar-refractivity contribution is 5.42. The molecule has 2 aromatic rings. The summed E-state index contributed by atoms with van der Waals surface area (Å²) in [6, 6.07) is 7.53. The smallest absolute Gasteiger partial charge is 0.174 e. The number of nitrogens with zero attached hydrogens (tertiary/aromatic N) is 1. The van der Waals surface area contributed by atoms with Gasteiger partial charge in [-0.3, -0.25) is 0 Å². The van der Waals surface area contributed by atoms with Gasteiger partial charge in [0.25, 0.3) is 0 Å². The van der Waals surface area contributed by atoms with Gasteiger partial charge in [-0.05, 0) is 24.6 Å². The Morgan fingerprint density at radius 3 is 2.78 bits per heavy atom. The number of methoxy groups -OCH3 is 1. The van der Waals surface area contributed by atoms with Gasteiger partial charge in [0.05, 0.1) is 12.8 Å². The Bertz CT molecular complexity index is 523. The Morgan fingerprint density at radius 1 is 1.28 bits per heavy atom. The molecule has 18 heavy (non-hydrogen) atoms. The third kappa shape index (κ3) is 2.81. The second-order valence-corrected chi connectivity index (χ2v) is 3.93.